The lowest BCUT2D eigenvalue weighted by atomic mass is 9.97. The summed E-state index contributed by atoms with van der Waals surface area (Å²) in [6, 6.07) is 43.5. The fourth-order valence-electron chi connectivity index (χ4n) is 6.39. The van der Waals surface area contributed by atoms with Gasteiger partial charge in [0.1, 0.15) is 0 Å². The molecule has 0 unspecified atom stereocenters. The van der Waals surface area contributed by atoms with Crippen molar-refractivity contribution in [1.82, 2.24) is 19.5 Å². The smallest absolute Gasteiger partial charge is 0.309 e. The van der Waals surface area contributed by atoms with Crippen molar-refractivity contribution in [2.24, 2.45) is 0 Å². The molecule has 49 heavy (non-hydrogen) atoms. The van der Waals surface area contributed by atoms with E-state index in [0.717, 1.165) is 61.9 Å². The third-order valence-electron chi connectivity index (χ3n) is 8.80. The van der Waals surface area contributed by atoms with E-state index in [1.165, 1.54) is 12.1 Å². The van der Waals surface area contributed by atoms with E-state index < -0.39 is 11.7 Å². The Labute approximate surface area is 281 Å². The molecule has 0 radical (unpaired) electrons. The standard InChI is InChI=1S/C42H29F3N4/c1-26-13-20-34-35-21-14-27(2)24-38(35)49(37(34)23-26)32-19-22-33(28-15-17-31(18-16-28)42(43,44)45)36(25-32)41-47-39(29-9-5-3-6-10-29)46-40(48-41)30-11-7-4-8-12-30/h3-25H,1-2H3. The first-order chi connectivity index (χ1) is 23.7. The summed E-state index contributed by atoms with van der Waals surface area (Å²) in [6.07, 6.45) is -4.44. The topological polar surface area (TPSA) is 43.6 Å². The first kappa shape index (κ1) is 30.3. The molecular weight excluding hydrogens is 617 g/mol. The first-order valence-corrected chi connectivity index (χ1v) is 15.9. The molecule has 2 heterocycles. The van der Waals surface area contributed by atoms with Crippen LogP contribution in [-0.2, 0) is 6.18 Å². The largest absolute Gasteiger partial charge is 0.416 e. The SMILES string of the molecule is Cc1ccc2c3ccc(C)cc3n(-c3ccc(-c4ccc(C(F)(F)F)cc4)c(-c4nc(-c5ccccc5)nc(-c5ccccc5)n4)c3)c2c1. The fourth-order valence-corrected chi connectivity index (χ4v) is 6.39. The predicted octanol–water partition coefficient (Wildman–Crippen LogP) is 11.3. The molecule has 0 aliphatic heterocycles. The van der Waals surface area contributed by atoms with Crippen LogP contribution in [0.15, 0.2) is 140 Å². The van der Waals surface area contributed by atoms with E-state index in [0.29, 0.717) is 34.2 Å². The van der Waals surface area contributed by atoms with Crippen LogP contribution in [-0.4, -0.2) is 19.5 Å². The van der Waals surface area contributed by atoms with Gasteiger partial charge in [0.25, 0.3) is 0 Å². The molecule has 8 rings (SSSR count). The van der Waals surface area contributed by atoms with Gasteiger partial charge in [-0.15, -0.1) is 0 Å². The lowest BCUT2D eigenvalue weighted by Gasteiger charge is -2.16. The maximum atomic E-state index is 13.6. The summed E-state index contributed by atoms with van der Waals surface area (Å²) in [4.78, 5) is 14.9. The number of nitrogens with zero attached hydrogens (tertiary/aromatic N) is 4. The van der Waals surface area contributed by atoms with E-state index in [1.807, 2.05) is 78.9 Å². The van der Waals surface area contributed by atoms with Crippen molar-refractivity contribution in [3.63, 3.8) is 0 Å². The van der Waals surface area contributed by atoms with Crippen molar-refractivity contribution in [2.75, 3.05) is 0 Å². The number of aromatic nitrogens is 4. The molecule has 8 aromatic rings. The predicted molar refractivity (Wildman–Crippen MR) is 190 cm³/mol. The molecule has 0 amide bonds. The minimum absolute atomic E-state index is 0.414. The molecule has 0 atom stereocenters. The quantitative estimate of drug-likeness (QED) is 0.187. The van der Waals surface area contributed by atoms with Crippen LogP contribution in [0.25, 0.3) is 72.8 Å². The van der Waals surface area contributed by atoms with Crippen LogP contribution in [0.2, 0.25) is 0 Å². The minimum atomic E-state index is -4.44. The Balaban J connectivity index is 1.42. The molecule has 2 aromatic heterocycles. The summed E-state index contributed by atoms with van der Waals surface area (Å²) in [7, 11) is 0. The first-order valence-electron chi connectivity index (χ1n) is 15.9. The zero-order valence-corrected chi connectivity index (χ0v) is 26.7. The van der Waals surface area contributed by atoms with Gasteiger partial charge >= 0.3 is 6.18 Å². The summed E-state index contributed by atoms with van der Waals surface area (Å²) in [5, 5.41) is 2.26. The summed E-state index contributed by atoms with van der Waals surface area (Å²) in [6.45, 7) is 4.15. The molecule has 4 nitrogen and oxygen atoms in total. The van der Waals surface area contributed by atoms with Crippen LogP contribution in [0.1, 0.15) is 16.7 Å². The average Bonchev–Trinajstić information content (AvgIpc) is 3.43. The van der Waals surface area contributed by atoms with Crippen LogP contribution in [0.5, 0.6) is 0 Å². The summed E-state index contributed by atoms with van der Waals surface area (Å²) in [5.74, 6) is 1.41. The number of halogens is 3. The monoisotopic (exact) mass is 646 g/mol. The number of fused-ring (bicyclic) bond motifs is 3. The van der Waals surface area contributed by atoms with Crippen molar-refractivity contribution in [3.8, 4) is 51.0 Å². The second kappa shape index (κ2) is 11.9. The Morgan fingerprint density at radius 1 is 0.469 bits per heavy atom. The van der Waals surface area contributed by atoms with E-state index in [9.17, 15) is 13.2 Å². The molecule has 0 aliphatic carbocycles. The highest BCUT2D eigenvalue weighted by molar-refractivity contribution is 6.09. The van der Waals surface area contributed by atoms with Gasteiger partial charge in [0.15, 0.2) is 17.5 Å². The Morgan fingerprint density at radius 2 is 0.980 bits per heavy atom. The van der Waals surface area contributed by atoms with Crippen LogP contribution in [0.3, 0.4) is 0 Å². The third kappa shape index (κ3) is 5.63. The van der Waals surface area contributed by atoms with E-state index in [4.69, 9.17) is 15.0 Å². The van der Waals surface area contributed by atoms with Gasteiger partial charge in [-0.25, -0.2) is 15.0 Å². The van der Waals surface area contributed by atoms with Gasteiger partial charge in [-0.3, -0.25) is 0 Å². The van der Waals surface area contributed by atoms with Crippen LogP contribution in [0.4, 0.5) is 13.2 Å². The molecule has 6 aromatic carbocycles. The van der Waals surface area contributed by atoms with Crippen molar-refractivity contribution >= 4 is 21.8 Å². The Kier molecular flexibility index (Phi) is 7.33. The Morgan fingerprint density at radius 3 is 1.49 bits per heavy atom. The van der Waals surface area contributed by atoms with Gasteiger partial charge in [0.05, 0.1) is 16.6 Å². The summed E-state index contributed by atoms with van der Waals surface area (Å²) < 4.78 is 42.9. The van der Waals surface area contributed by atoms with Gasteiger partial charge in [-0.1, -0.05) is 103 Å². The molecule has 0 N–H and O–H groups in total. The lowest BCUT2D eigenvalue weighted by Crippen LogP contribution is -2.04. The summed E-state index contributed by atoms with van der Waals surface area (Å²) >= 11 is 0. The molecule has 0 spiro atoms. The molecule has 238 valence electrons. The molecule has 7 heteroatoms. The van der Waals surface area contributed by atoms with Crippen molar-refractivity contribution in [1.29, 1.82) is 0 Å². The fraction of sp³-hybridized carbons (Fsp3) is 0.0714. The molecule has 0 aliphatic rings. The molecular formula is C42H29F3N4. The Hall–Kier alpha value is -6.08. The van der Waals surface area contributed by atoms with Crippen molar-refractivity contribution in [3.05, 3.63) is 156 Å². The van der Waals surface area contributed by atoms with E-state index >= 15 is 0 Å². The highest BCUT2D eigenvalue weighted by Gasteiger charge is 2.30. The highest BCUT2D eigenvalue weighted by atomic mass is 19.4. The molecule has 0 fully saturated rings. The lowest BCUT2D eigenvalue weighted by molar-refractivity contribution is -0.137. The minimum Gasteiger partial charge on any atom is -0.309 e. The molecule has 0 saturated carbocycles. The second-order valence-electron chi connectivity index (χ2n) is 12.2. The van der Waals surface area contributed by atoms with Gasteiger partial charge < -0.3 is 4.57 Å². The number of hydrogen-bond donors (Lipinski definition) is 0. The maximum Gasteiger partial charge on any atom is 0.416 e. The van der Waals surface area contributed by atoms with Crippen LogP contribution >= 0.6 is 0 Å². The third-order valence-corrected chi connectivity index (χ3v) is 8.80. The van der Waals surface area contributed by atoms with Gasteiger partial charge in [0.2, 0.25) is 0 Å². The van der Waals surface area contributed by atoms with Gasteiger partial charge in [-0.05, 0) is 72.5 Å². The van der Waals surface area contributed by atoms with Crippen molar-refractivity contribution < 1.29 is 13.2 Å². The number of rotatable bonds is 5. The van der Waals surface area contributed by atoms with Gasteiger partial charge in [0, 0.05) is 33.2 Å². The zero-order valence-electron chi connectivity index (χ0n) is 26.7. The summed E-state index contributed by atoms with van der Waals surface area (Å²) in [5.41, 5.74) is 8.19. The highest BCUT2D eigenvalue weighted by Crippen LogP contribution is 2.39. The van der Waals surface area contributed by atoms with Crippen molar-refractivity contribution in [2.45, 2.75) is 20.0 Å². The van der Waals surface area contributed by atoms with E-state index in [-0.39, 0.29) is 0 Å². The molecule has 0 saturated heterocycles. The number of benzene rings is 6. The average molecular weight is 647 g/mol. The maximum absolute atomic E-state index is 13.6. The van der Waals surface area contributed by atoms with Crippen LogP contribution < -0.4 is 0 Å². The number of aryl methyl sites for hydroxylation is 2. The Bertz CT molecular complexity index is 2370. The normalized spacial score (nSPS) is 11.8. The number of hydrogen-bond acceptors (Lipinski definition) is 3. The van der Waals surface area contributed by atoms with Crippen LogP contribution in [0, 0.1) is 13.8 Å². The number of alkyl halides is 3. The van der Waals surface area contributed by atoms with Gasteiger partial charge in [-0.2, -0.15) is 13.2 Å². The van der Waals surface area contributed by atoms with E-state index in [2.05, 4.69) is 54.8 Å². The molecule has 0 bridgehead atoms. The zero-order chi connectivity index (χ0) is 33.7. The second-order valence-corrected chi connectivity index (χ2v) is 12.2. The van der Waals surface area contributed by atoms with E-state index in [1.54, 1.807) is 0 Å².